The smallest absolute Gasteiger partial charge is 0.268 e. The fraction of sp³-hybridized carbons (Fsp3) is 0.842. The van der Waals surface area contributed by atoms with Gasteiger partial charge in [0.1, 0.15) is 11.5 Å². The van der Waals surface area contributed by atoms with E-state index in [1.807, 2.05) is 0 Å². The molecular weight excluding hydrogens is 552 g/mol. The van der Waals surface area contributed by atoms with Crippen LogP contribution >= 0.6 is 0 Å². The van der Waals surface area contributed by atoms with E-state index in [1.165, 1.54) is 82.6 Å². The summed E-state index contributed by atoms with van der Waals surface area (Å²) in [4.78, 5) is 0. The van der Waals surface area contributed by atoms with E-state index < -0.39 is 20.8 Å². The van der Waals surface area contributed by atoms with Gasteiger partial charge in [-0.3, -0.25) is 4.55 Å². The quantitative estimate of drug-likeness (QED) is 0.291. The maximum Gasteiger partial charge on any atom is 0.268 e. The van der Waals surface area contributed by atoms with Crippen LogP contribution in [0.1, 0.15) is 155 Å². The lowest BCUT2D eigenvalue weighted by atomic mass is 9.59. The second-order valence-electron chi connectivity index (χ2n) is 16.3. The first-order valence-electron chi connectivity index (χ1n) is 18.4. The molecule has 0 radical (unpaired) electrons. The minimum absolute atomic E-state index is 0.124. The van der Waals surface area contributed by atoms with Gasteiger partial charge in [-0.1, -0.05) is 97.0 Å². The fourth-order valence-corrected chi connectivity index (χ4v) is 12.6. The van der Waals surface area contributed by atoms with Gasteiger partial charge >= 0.3 is 0 Å². The predicted octanol–water partition coefficient (Wildman–Crippen LogP) is 10.7. The zero-order chi connectivity index (χ0) is 30.1. The Morgan fingerprint density at radius 3 is 1.81 bits per heavy atom. The van der Waals surface area contributed by atoms with Crippen LogP contribution < -0.4 is 0 Å². The largest absolute Gasteiger partial charge is 0.466 e. The summed E-state index contributed by atoms with van der Waals surface area (Å²) in [6.07, 6.45) is 33.5. The molecule has 4 unspecified atom stereocenters. The first-order chi connectivity index (χ1) is 20.7. The van der Waals surface area contributed by atoms with Crippen LogP contribution in [0.4, 0.5) is 0 Å². The Morgan fingerprint density at radius 1 is 0.698 bits per heavy atom. The molecule has 0 aromatic heterocycles. The van der Waals surface area contributed by atoms with E-state index in [-0.39, 0.29) is 11.3 Å². The molecule has 6 rings (SSSR count). The summed E-state index contributed by atoms with van der Waals surface area (Å²) in [5, 5.41) is -0.732. The van der Waals surface area contributed by atoms with Gasteiger partial charge in [-0.25, -0.2) is 0 Å². The highest BCUT2D eigenvalue weighted by atomic mass is 32.2. The molecule has 4 saturated carbocycles. The van der Waals surface area contributed by atoms with E-state index in [9.17, 15) is 13.0 Å². The van der Waals surface area contributed by atoms with Crippen molar-refractivity contribution in [3.8, 4) is 0 Å². The molecule has 6 aliphatic carbocycles. The third kappa shape index (κ3) is 7.03. The van der Waals surface area contributed by atoms with Crippen molar-refractivity contribution in [1.82, 2.24) is 0 Å². The van der Waals surface area contributed by atoms with Gasteiger partial charge in [0.25, 0.3) is 10.1 Å². The molecule has 0 aliphatic heterocycles. The summed E-state index contributed by atoms with van der Waals surface area (Å²) in [6, 6.07) is 0. The van der Waals surface area contributed by atoms with Gasteiger partial charge in [0.15, 0.2) is 0 Å². The van der Waals surface area contributed by atoms with Gasteiger partial charge < -0.3 is 4.74 Å². The average molecular weight is 613 g/mol. The van der Waals surface area contributed by atoms with Crippen LogP contribution in [0.15, 0.2) is 35.3 Å². The van der Waals surface area contributed by atoms with Crippen molar-refractivity contribution in [3.05, 3.63) is 35.3 Å². The third-order valence-electron chi connectivity index (χ3n) is 13.2. The lowest BCUT2D eigenvalue weighted by molar-refractivity contribution is 0.0565. The Labute approximate surface area is 263 Å². The molecule has 242 valence electrons. The molecule has 6 aliphatic rings. The minimum atomic E-state index is -4.22. The van der Waals surface area contributed by atoms with E-state index in [1.54, 1.807) is 0 Å². The Morgan fingerprint density at radius 2 is 1.23 bits per heavy atom. The highest BCUT2D eigenvalue weighted by Crippen LogP contribution is 2.56. The molecule has 0 spiro atoms. The highest BCUT2D eigenvalue weighted by Gasteiger charge is 2.55. The van der Waals surface area contributed by atoms with Gasteiger partial charge in [0, 0.05) is 18.8 Å². The molecule has 0 amide bonds. The summed E-state index contributed by atoms with van der Waals surface area (Å²) in [6.45, 7) is 4.70. The van der Waals surface area contributed by atoms with Gasteiger partial charge in [0.05, 0.1) is 5.25 Å². The summed E-state index contributed by atoms with van der Waals surface area (Å²) >= 11 is 0. The number of allylic oxidation sites excluding steroid dienone is 6. The molecule has 43 heavy (non-hydrogen) atoms. The topological polar surface area (TPSA) is 63.6 Å². The Kier molecular flexibility index (Phi) is 9.90. The van der Waals surface area contributed by atoms with Crippen molar-refractivity contribution in [1.29, 1.82) is 0 Å². The second-order valence-corrected chi connectivity index (χ2v) is 17.8. The molecule has 5 heteroatoms. The van der Waals surface area contributed by atoms with Crippen LogP contribution in [0.25, 0.3) is 0 Å². The predicted molar refractivity (Wildman–Crippen MR) is 176 cm³/mol. The molecule has 0 bridgehead atoms. The average Bonchev–Trinajstić information content (AvgIpc) is 3.01. The van der Waals surface area contributed by atoms with E-state index in [2.05, 4.69) is 32.1 Å². The monoisotopic (exact) mass is 612 g/mol. The Balaban J connectivity index is 1.35. The zero-order valence-corrected chi connectivity index (χ0v) is 28.1. The lowest BCUT2D eigenvalue weighted by Gasteiger charge is -2.51. The lowest BCUT2D eigenvalue weighted by Crippen LogP contribution is -2.52. The van der Waals surface area contributed by atoms with Crippen LogP contribution in [0.2, 0.25) is 0 Å². The van der Waals surface area contributed by atoms with E-state index in [0.29, 0.717) is 30.1 Å². The van der Waals surface area contributed by atoms with Crippen LogP contribution in [0.3, 0.4) is 0 Å². The molecule has 0 aromatic carbocycles. The van der Waals surface area contributed by atoms with E-state index in [4.69, 9.17) is 4.74 Å². The van der Waals surface area contributed by atoms with Crippen molar-refractivity contribution in [2.75, 3.05) is 0 Å². The minimum Gasteiger partial charge on any atom is -0.466 e. The molecule has 0 aromatic rings. The van der Waals surface area contributed by atoms with Crippen molar-refractivity contribution >= 4 is 10.1 Å². The molecule has 4 nitrogen and oxygen atoms in total. The van der Waals surface area contributed by atoms with Crippen molar-refractivity contribution in [2.45, 2.75) is 160 Å². The van der Waals surface area contributed by atoms with Crippen LogP contribution in [0, 0.1) is 40.4 Å². The van der Waals surface area contributed by atoms with Gasteiger partial charge in [-0.05, 0) is 104 Å². The van der Waals surface area contributed by atoms with E-state index in [0.717, 1.165) is 69.3 Å². The second kappa shape index (κ2) is 13.3. The molecule has 4 atom stereocenters. The number of hydrogen-bond acceptors (Lipinski definition) is 3. The molecule has 0 saturated heterocycles. The first-order valence-corrected chi connectivity index (χ1v) is 19.9. The van der Waals surface area contributed by atoms with Gasteiger partial charge in [-0.2, -0.15) is 8.42 Å². The molecule has 4 fully saturated rings. The maximum absolute atomic E-state index is 13.3. The van der Waals surface area contributed by atoms with E-state index >= 15 is 0 Å². The highest BCUT2D eigenvalue weighted by molar-refractivity contribution is 7.86. The number of rotatable bonds is 7. The van der Waals surface area contributed by atoms with Crippen molar-refractivity contribution in [3.63, 3.8) is 0 Å². The molecule has 1 N–H and O–H groups in total. The van der Waals surface area contributed by atoms with Crippen LogP contribution in [0.5, 0.6) is 0 Å². The first kappa shape index (κ1) is 31.9. The fourth-order valence-electron chi connectivity index (χ4n) is 10.9. The molecule has 0 heterocycles. The van der Waals surface area contributed by atoms with Gasteiger partial charge in [-0.15, -0.1) is 0 Å². The summed E-state index contributed by atoms with van der Waals surface area (Å²) < 4.78 is 44.7. The molecular formula is C38H60O4S. The maximum atomic E-state index is 13.3. The summed E-state index contributed by atoms with van der Waals surface area (Å²) in [5.74, 6) is 3.88. The van der Waals surface area contributed by atoms with Crippen molar-refractivity contribution in [2.24, 2.45) is 40.4 Å². The number of ether oxygens (including phenoxy) is 1. The van der Waals surface area contributed by atoms with Crippen LogP contribution in [-0.2, 0) is 14.9 Å². The Bertz CT molecular complexity index is 1160. The third-order valence-corrected chi connectivity index (χ3v) is 14.7. The standard InChI is InChI=1S/C38H60O4S/c1-37(31-19-11-5-12-20-31)25-30(28-15-7-3-8-16-28)23-33(26-37)42-34-24-35(29-17-9-4-10-18-29)36(43(39,40)41)38(2,27-34)32-21-13-6-14-22-32/h23-25,28-29,31-32,35-36H,3-22,26-27H2,1-2H3,(H,39,40,41). The number of hydrogen-bond donors (Lipinski definition) is 1. The normalized spacial score (nSPS) is 36.5. The zero-order valence-electron chi connectivity index (χ0n) is 27.3. The van der Waals surface area contributed by atoms with Crippen molar-refractivity contribution < 1.29 is 17.7 Å². The summed E-state index contributed by atoms with van der Waals surface area (Å²) in [7, 11) is -4.22. The van der Waals surface area contributed by atoms with Gasteiger partial charge in [0.2, 0.25) is 0 Å². The Hall–Kier alpha value is -1.07. The summed E-state index contributed by atoms with van der Waals surface area (Å²) in [5.41, 5.74) is 1.13. The van der Waals surface area contributed by atoms with Crippen LogP contribution in [-0.4, -0.2) is 18.2 Å². The SMILES string of the molecule is CC1(C2CCCCC2)C=C(C2CCCCC2)C=C(OC2=CC(C3CCCCC3)C(S(=O)(=O)O)C(C)(C3CCCCC3)C2)C1.